The quantitative estimate of drug-likeness (QED) is 0.297. The van der Waals surface area contributed by atoms with Crippen LogP contribution in [-0.4, -0.2) is 34.1 Å². The fraction of sp³-hybridized carbons (Fsp3) is 0. The van der Waals surface area contributed by atoms with Crippen molar-refractivity contribution in [3.8, 4) is 0 Å². The first-order valence-electron chi connectivity index (χ1n) is 2.17. The maximum absolute atomic E-state index is 9.10. The molecule has 0 aromatic rings. The zero-order chi connectivity index (χ0) is 10.3. The topological polar surface area (TPSA) is 191 Å². The number of carboxylic acid groups (broad SMARTS) is 4. The summed E-state index contributed by atoms with van der Waals surface area (Å²) >= 11 is 0. The molecule has 0 heterocycles. The maximum Gasteiger partial charge on any atom is 1.00 e. The molecule has 6 N–H and O–H groups in total. The predicted molar refractivity (Wildman–Crippen MR) is 31.3 cm³/mol. The number of hydrogen-bond acceptors (Lipinski definition) is 6. The number of carboxylic acids is 4. The first-order chi connectivity index (χ1) is 5.29. The van der Waals surface area contributed by atoms with E-state index in [2.05, 4.69) is 0 Å². The van der Waals surface area contributed by atoms with Crippen LogP contribution in [0.15, 0.2) is 0 Å². The van der Waals surface area contributed by atoms with Gasteiger partial charge in [0.05, 0.1) is 11.9 Å². The van der Waals surface area contributed by atoms with E-state index in [1.807, 2.05) is 0 Å². The summed E-state index contributed by atoms with van der Waals surface area (Å²) in [6, 6.07) is 0. The molecular formula is C4H6MoNO8. The van der Waals surface area contributed by atoms with Gasteiger partial charge >= 0.3 is 33.0 Å². The van der Waals surface area contributed by atoms with E-state index in [4.69, 9.17) is 39.6 Å². The summed E-state index contributed by atoms with van der Waals surface area (Å²) in [5, 5.41) is 32.6. The molecule has 10 heteroatoms. The summed E-state index contributed by atoms with van der Waals surface area (Å²) < 4.78 is 0. The number of carbonyl (C=O) groups excluding carboxylic acids is 2. The van der Waals surface area contributed by atoms with Crippen LogP contribution in [0.25, 0.3) is 0 Å². The van der Waals surface area contributed by atoms with Gasteiger partial charge in [-0.1, -0.05) is 0 Å². The normalized spacial score (nSPS) is 6.29. The molecule has 0 aromatic heterocycles. The molecule has 0 unspecified atom stereocenters. The number of carbonyl (C=O) groups is 4. The molecule has 0 spiro atoms. The third kappa shape index (κ3) is 22.4. The van der Waals surface area contributed by atoms with Crippen LogP contribution >= 0.6 is 0 Å². The molecule has 0 fully saturated rings. The Kier molecular flexibility index (Phi) is 18.9. The van der Waals surface area contributed by atoms with Crippen molar-refractivity contribution >= 4 is 23.9 Å². The summed E-state index contributed by atoms with van der Waals surface area (Å²) in [4.78, 5) is 36.1. The summed E-state index contributed by atoms with van der Waals surface area (Å²) in [5.74, 6) is -8.02. The van der Waals surface area contributed by atoms with Crippen molar-refractivity contribution in [2.24, 2.45) is 0 Å². The van der Waals surface area contributed by atoms with Gasteiger partial charge in [0.15, 0.2) is 0 Å². The largest absolute Gasteiger partial charge is 1.00 e. The SMILES string of the molecule is O=C(O)C(=O)O.O=C([O-])C(=O)[O-].[Mo+].[NH4+]. The van der Waals surface area contributed by atoms with Crippen molar-refractivity contribution < 1.29 is 60.7 Å². The Morgan fingerprint density at radius 1 is 0.786 bits per heavy atom. The van der Waals surface area contributed by atoms with Gasteiger partial charge in [0.2, 0.25) is 0 Å². The second kappa shape index (κ2) is 11.5. The van der Waals surface area contributed by atoms with Gasteiger partial charge in [-0.15, -0.1) is 0 Å². The Morgan fingerprint density at radius 2 is 0.929 bits per heavy atom. The van der Waals surface area contributed by atoms with E-state index in [-0.39, 0.29) is 27.2 Å². The standard InChI is InChI=1S/2C2H2O4.Mo.H3N/c2*3-1(4)2(5)6;;/h2*(H,3,4)(H,5,6);;1H3/q;;+1;/p-1. The summed E-state index contributed by atoms with van der Waals surface area (Å²) in [6.45, 7) is 0. The van der Waals surface area contributed by atoms with E-state index in [1.165, 1.54) is 0 Å². The Balaban J connectivity index is -0.0000000625. The van der Waals surface area contributed by atoms with E-state index in [0.717, 1.165) is 0 Å². The fourth-order valence-corrected chi connectivity index (χ4v) is 0. The van der Waals surface area contributed by atoms with Crippen LogP contribution in [0.4, 0.5) is 0 Å². The van der Waals surface area contributed by atoms with Crippen molar-refractivity contribution in [2.75, 3.05) is 0 Å². The minimum Gasteiger partial charge on any atom is -0.543 e. The minimum absolute atomic E-state index is 0. The summed E-state index contributed by atoms with van der Waals surface area (Å²) in [7, 11) is 0. The van der Waals surface area contributed by atoms with Gasteiger partial charge < -0.3 is 36.2 Å². The molecule has 9 nitrogen and oxygen atoms in total. The zero-order valence-electron chi connectivity index (χ0n) is 6.75. The van der Waals surface area contributed by atoms with Gasteiger partial charge in [-0.2, -0.15) is 0 Å². The van der Waals surface area contributed by atoms with Gasteiger partial charge in [0.1, 0.15) is 0 Å². The van der Waals surface area contributed by atoms with Gasteiger partial charge in [0.25, 0.3) is 0 Å². The second-order valence-electron chi connectivity index (χ2n) is 1.19. The Labute approximate surface area is 91.2 Å². The maximum atomic E-state index is 9.10. The van der Waals surface area contributed by atoms with Crippen LogP contribution in [-0.2, 0) is 40.2 Å². The second-order valence-corrected chi connectivity index (χ2v) is 1.19. The molecule has 0 saturated heterocycles. The number of quaternary nitrogens is 1. The molecule has 0 aromatic carbocycles. The van der Waals surface area contributed by atoms with Crippen LogP contribution < -0.4 is 16.4 Å². The third-order valence-electron chi connectivity index (χ3n) is 0.350. The van der Waals surface area contributed by atoms with Crippen molar-refractivity contribution in [2.45, 2.75) is 0 Å². The zero-order valence-corrected chi connectivity index (χ0v) is 8.76. The first-order valence-corrected chi connectivity index (χ1v) is 2.17. The average Bonchev–Trinajstić information content (AvgIpc) is 1.88. The van der Waals surface area contributed by atoms with Gasteiger partial charge in [-0.3, -0.25) is 0 Å². The molecule has 0 amide bonds. The van der Waals surface area contributed by atoms with E-state index < -0.39 is 23.9 Å². The molecule has 0 aliphatic rings. The monoisotopic (exact) mass is 294 g/mol. The summed E-state index contributed by atoms with van der Waals surface area (Å²) in [6.07, 6.45) is 0. The molecular weight excluding hydrogens is 286 g/mol. The molecule has 14 heavy (non-hydrogen) atoms. The van der Waals surface area contributed by atoms with E-state index in [9.17, 15) is 0 Å². The van der Waals surface area contributed by atoms with Gasteiger partial charge in [-0.05, 0) is 0 Å². The van der Waals surface area contributed by atoms with Gasteiger partial charge in [0, 0.05) is 0 Å². The molecule has 0 aliphatic carbocycles. The number of hydrogen-bond donors (Lipinski definition) is 3. The minimum atomic E-state index is -2.19. The number of rotatable bonds is 0. The molecule has 1 radical (unpaired) electrons. The molecule has 0 bridgehead atoms. The molecule has 0 atom stereocenters. The average molecular weight is 292 g/mol. The van der Waals surface area contributed by atoms with Crippen LogP contribution in [0.5, 0.6) is 0 Å². The van der Waals surface area contributed by atoms with E-state index >= 15 is 0 Å². The predicted octanol–water partition coefficient (Wildman–Crippen LogP) is -3.98. The van der Waals surface area contributed by atoms with Crippen molar-refractivity contribution in [1.82, 2.24) is 6.15 Å². The Hall–Kier alpha value is -1.47. The van der Waals surface area contributed by atoms with Crippen molar-refractivity contribution in [3.63, 3.8) is 0 Å². The molecule has 0 rings (SSSR count). The van der Waals surface area contributed by atoms with E-state index in [0.29, 0.717) is 0 Å². The van der Waals surface area contributed by atoms with Crippen LogP contribution in [0.2, 0.25) is 0 Å². The number of aliphatic carboxylic acids is 4. The van der Waals surface area contributed by atoms with Gasteiger partial charge in [-0.25, -0.2) is 9.59 Å². The summed E-state index contributed by atoms with van der Waals surface area (Å²) in [5.41, 5.74) is 0. The smallest absolute Gasteiger partial charge is 0.543 e. The fourth-order valence-electron chi connectivity index (χ4n) is 0. The van der Waals surface area contributed by atoms with Crippen LogP contribution in [0.1, 0.15) is 0 Å². The molecule has 0 aliphatic heterocycles. The van der Waals surface area contributed by atoms with Crippen molar-refractivity contribution in [1.29, 1.82) is 0 Å². The van der Waals surface area contributed by atoms with Crippen molar-refractivity contribution in [3.05, 3.63) is 0 Å². The molecule has 0 saturated carbocycles. The Morgan fingerprint density at radius 3 is 0.929 bits per heavy atom. The first kappa shape index (κ1) is 22.9. The van der Waals surface area contributed by atoms with Crippen LogP contribution in [0, 0.1) is 0 Å². The Bertz CT molecular complexity index is 177. The van der Waals surface area contributed by atoms with Crippen LogP contribution in [0.3, 0.4) is 0 Å². The molecule has 81 valence electrons. The third-order valence-corrected chi connectivity index (χ3v) is 0.350. The van der Waals surface area contributed by atoms with E-state index in [1.54, 1.807) is 0 Å².